The topological polar surface area (TPSA) is 132 Å². The average molecular weight is 670 g/mol. The van der Waals surface area contributed by atoms with E-state index >= 15 is 0 Å². The highest BCUT2D eigenvalue weighted by atomic mass is 19.1. The van der Waals surface area contributed by atoms with Gasteiger partial charge in [0.05, 0.1) is 41.0 Å². The van der Waals surface area contributed by atoms with E-state index in [1.165, 1.54) is 35.4 Å². The van der Waals surface area contributed by atoms with E-state index in [0.717, 1.165) is 12.1 Å². The number of hydrogen-bond donors (Lipinski definition) is 1. The Labute approximate surface area is 277 Å². The van der Waals surface area contributed by atoms with Crippen molar-refractivity contribution in [1.29, 1.82) is 0 Å². The van der Waals surface area contributed by atoms with Gasteiger partial charge in [0.25, 0.3) is 0 Å². The standard InChI is InChI=1S/C33H30F3N11O2/c1-17-41-26-10-19(35)8-22-25-6-7-37-33(43-25)42-20-11-28(32(48)44(2)14-21(49-3)15-45(17)29(22)26)46(13-20)30-23-12-40-47(31(23)39-16-38-30)27-5-4-18(34)9-24(27)36/h4-10,12,16,20-21,28H,11,13-15H2,1-3H3,(H,37,42,43)/t20-,21+,28-/m0/s1. The molecule has 250 valence electrons. The minimum Gasteiger partial charge on any atom is -0.378 e. The highest BCUT2D eigenvalue weighted by molar-refractivity contribution is 5.93. The second-order valence-corrected chi connectivity index (χ2v) is 12.3. The number of amides is 1. The summed E-state index contributed by atoms with van der Waals surface area (Å²) >= 11 is 0. The lowest BCUT2D eigenvalue weighted by molar-refractivity contribution is -0.132. The molecule has 0 spiro atoms. The number of benzene rings is 2. The van der Waals surface area contributed by atoms with Crippen LogP contribution in [0.1, 0.15) is 12.2 Å². The van der Waals surface area contributed by atoms with Crippen molar-refractivity contribution < 1.29 is 22.7 Å². The second-order valence-electron chi connectivity index (χ2n) is 12.3. The summed E-state index contributed by atoms with van der Waals surface area (Å²) in [5.74, 6) is -0.734. The number of anilines is 2. The van der Waals surface area contributed by atoms with Gasteiger partial charge in [-0.05, 0) is 37.6 Å². The Balaban J connectivity index is 1.22. The monoisotopic (exact) mass is 669 g/mol. The van der Waals surface area contributed by atoms with Crippen LogP contribution in [0.25, 0.3) is 39.0 Å². The molecule has 0 saturated carbocycles. The lowest BCUT2D eigenvalue weighted by Gasteiger charge is -2.30. The lowest BCUT2D eigenvalue weighted by atomic mass is 10.1. The molecule has 1 fully saturated rings. The van der Waals surface area contributed by atoms with Crippen LogP contribution in [0.5, 0.6) is 0 Å². The normalized spacial score (nSPS) is 19.7. The Bertz CT molecular complexity index is 2260. The number of likely N-dealkylation sites (N-methyl/N-ethyl adjacent to an activating group) is 1. The smallest absolute Gasteiger partial charge is 0.245 e. The molecule has 13 nitrogen and oxygen atoms in total. The number of hydrogen-bond acceptors (Lipinski definition) is 10. The fraction of sp³-hybridized carbons (Fsp3) is 0.303. The molecule has 2 aliphatic rings. The maximum atomic E-state index is 14.9. The molecule has 6 aromatic rings. The minimum atomic E-state index is -0.801. The number of rotatable bonds is 3. The predicted octanol–water partition coefficient (Wildman–Crippen LogP) is 3.89. The number of methoxy groups -OCH3 is 1. The number of fused-ring (bicyclic) bond motifs is 6. The fourth-order valence-corrected chi connectivity index (χ4v) is 6.89. The van der Waals surface area contributed by atoms with Gasteiger partial charge in [0.1, 0.15) is 41.3 Å². The van der Waals surface area contributed by atoms with Crippen molar-refractivity contribution in [1.82, 2.24) is 44.2 Å². The van der Waals surface area contributed by atoms with Crippen molar-refractivity contribution in [2.75, 3.05) is 37.5 Å². The maximum absolute atomic E-state index is 14.9. The molecule has 4 bridgehead atoms. The number of nitrogens with one attached hydrogen (secondary N) is 1. The lowest BCUT2D eigenvalue weighted by Crippen LogP contribution is -2.47. The number of nitrogens with zero attached hydrogens (tertiary/aromatic N) is 10. The summed E-state index contributed by atoms with van der Waals surface area (Å²) in [6.45, 7) is 2.76. The molecule has 1 N–H and O–H groups in total. The van der Waals surface area contributed by atoms with E-state index in [2.05, 4.69) is 30.4 Å². The van der Waals surface area contributed by atoms with Crippen LogP contribution < -0.4 is 10.2 Å². The molecular weight excluding hydrogens is 639 g/mol. The molecule has 0 unspecified atom stereocenters. The van der Waals surface area contributed by atoms with E-state index in [1.54, 1.807) is 31.3 Å². The van der Waals surface area contributed by atoms with Gasteiger partial charge in [-0.25, -0.2) is 42.8 Å². The first-order chi connectivity index (χ1) is 23.7. The third-order valence-electron chi connectivity index (χ3n) is 9.18. The first-order valence-electron chi connectivity index (χ1n) is 15.6. The number of imidazole rings is 1. The van der Waals surface area contributed by atoms with Crippen molar-refractivity contribution in [2.24, 2.45) is 0 Å². The molecule has 16 heteroatoms. The van der Waals surface area contributed by atoms with Crippen molar-refractivity contribution in [3.05, 3.63) is 78.4 Å². The molecule has 4 aromatic heterocycles. The summed E-state index contributed by atoms with van der Waals surface area (Å²) in [4.78, 5) is 40.6. The number of carbonyl (C=O) groups excluding carboxylic acids is 1. The predicted molar refractivity (Wildman–Crippen MR) is 174 cm³/mol. The maximum Gasteiger partial charge on any atom is 0.245 e. The summed E-state index contributed by atoms with van der Waals surface area (Å²) in [7, 11) is 3.31. The Morgan fingerprint density at radius 2 is 1.84 bits per heavy atom. The Morgan fingerprint density at radius 3 is 2.65 bits per heavy atom. The molecule has 0 radical (unpaired) electrons. The van der Waals surface area contributed by atoms with E-state index in [9.17, 15) is 18.0 Å². The van der Waals surface area contributed by atoms with Gasteiger partial charge in [-0.1, -0.05) is 0 Å². The molecule has 3 atom stereocenters. The van der Waals surface area contributed by atoms with Crippen molar-refractivity contribution >= 4 is 39.7 Å². The molecule has 0 aliphatic carbocycles. The molecule has 6 heterocycles. The average Bonchev–Trinajstić information content (AvgIpc) is 3.78. The van der Waals surface area contributed by atoms with Crippen LogP contribution >= 0.6 is 0 Å². The highest BCUT2D eigenvalue weighted by Crippen LogP contribution is 2.34. The second kappa shape index (κ2) is 11.8. The van der Waals surface area contributed by atoms with E-state index in [4.69, 9.17) is 9.72 Å². The Morgan fingerprint density at radius 1 is 0.980 bits per heavy atom. The zero-order chi connectivity index (χ0) is 34.0. The molecule has 1 amide bonds. The number of halogens is 3. The molecule has 2 aromatic carbocycles. The van der Waals surface area contributed by atoms with E-state index in [1.807, 2.05) is 16.4 Å². The van der Waals surface area contributed by atoms with Crippen molar-refractivity contribution in [3.63, 3.8) is 0 Å². The Kier molecular flexibility index (Phi) is 7.39. The van der Waals surface area contributed by atoms with Crippen LogP contribution in [0.4, 0.5) is 24.9 Å². The summed E-state index contributed by atoms with van der Waals surface area (Å²) in [6.07, 6.45) is 4.36. The molecule has 1 saturated heterocycles. The van der Waals surface area contributed by atoms with Crippen LogP contribution in [0.15, 0.2) is 55.1 Å². The van der Waals surface area contributed by atoms with E-state index < -0.39 is 29.6 Å². The van der Waals surface area contributed by atoms with Crippen molar-refractivity contribution in [2.45, 2.75) is 38.1 Å². The highest BCUT2D eigenvalue weighted by Gasteiger charge is 2.41. The number of carbonyl (C=O) groups is 1. The Hall–Kier alpha value is -5.64. The van der Waals surface area contributed by atoms with Crippen LogP contribution in [0.3, 0.4) is 0 Å². The molecule has 2 aliphatic heterocycles. The van der Waals surface area contributed by atoms with Crippen LogP contribution in [-0.4, -0.2) is 95.5 Å². The van der Waals surface area contributed by atoms with Gasteiger partial charge in [0.2, 0.25) is 11.9 Å². The van der Waals surface area contributed by atoms with Gasteiger partial charge in [0, 0.05) is 57.2 Å². The molecule has 49 heavy (non-hydrogen) atoms. The van der Waals surface area contributed by atoms with Gasteiger partial charge in [-0.2, -0.15) is 5.10 Å². The van der Waals surface area contributed by atoms with Gasteiger partial charge in [-0.3, -0.25) is 4.79 Å². The van der Waals surface area contributed by atoms with Gasteiger partial charge in [0.15, 0.2) is 11.5 Å². The minimum absolute atomic E-state index is 0.0188. The summed E-state index contributed by atoms with van der Waals surface area (Å²) in [5, 5.41) is 8.21. The van der Waals surface area contributed by atoms with Gasteiger partial charge in [-0.15, -0.1) is 0 Å². The third-order valence-corrected chi connectivity index (χ3v) is 9.18. The SMILES string of the molecule is CO[C@@H]1CN(C)C(=O)[C@@H]2C[C@@H](CN2c2ncnc3c2cnn3-c2ccc(F)cc2F)Nc2nccc(n2)-c2cc(F)cc3nc(C)n(c23)C1. The first-order valence-corrected chi connectivity index (χ1v) is 15.6. The molecular formula is C33H30F3N11O2. The molecule has 8 rings (SSSR count). The van der Waals surface area contributed by atoms with Crippen LogP contribution in [-0.2, 0) is 16.1 Å². The van der Waals surface area contributed by atoms with Crippen molar-refractivity contribution in [3.8, 4) is 16.9 Å². The van der Waals surface area contributed by atoms with Crippen LogP contribution in [0, 0.1) is 24.4 Å². The van der Waals surface area contributed by atoms with E-state index in [0.29, 0.717) is 64.8 Å². The fourth-order valence-electron chi connectivity index (χ4n) is 6.89. The summed E-state index contributed by atoms with van der Waals surface area (Å²) in [5.41, 5.74) is 2.56. The summed E-state index contributed by atoms with van der Waals surface area (Å²) < 4.78 is 52.5. The van der Waals surface area contributed by atoms with Gasteiger partial charge < -0.3 is 24.4 Å². The van der Waals surface area contributed by atoms with Gasteiger partial charge >= 0.3 is 0 Å². The third kappa shape index (κ3) is 5.28. The first kappa shape index (κ1) is 30.7. The van der Waals surface area contributed by atoms with E-state index in [-0.39, 0.29) is 29.8 Å². The zero-order valence-electron chi connectivity index (χ0n) is 26.7. The van der Waals surface area contributed by atoms with Crippen LogP contribution in [0.2, 0.25) is 0 Å². The number of aryl methyl sites for hydroxylation is 1. The largest absolute Gasteiger partial charge is 0.378 e. The quantitative estimate of drug-likeness (QED) is 0.296. The number of ether oxygens (including phenoxy) is 1. The zero-order valence-corrected chi connectivity index (χ0v) is 26.7. The number of aromatic nitrogens is 8. The summed E-state index contributed by atoms with van der Waals surface area (Å²) in [6, 6.07) is 6.78.